The molecular formula is C19H21Cl3N4O5. The van der Waals surface area contributed by atoms with Crippen molar-refractivity contribution in [2.75, 3.05) is 11.9 Å². The molecule has 0 aliphatic carbocycles. The number of para-hydroxylation sites is 1. The number of carbonyl (C=O) groups is 2. The number of nitro groups is 1. The monoisotopic (exact) mass is 490 g/mol. The van der Waals surface area contributed by atoms with Crippen LogP contribution >= 0.6 is 35.6 Å². The Morgan fingerprint density at radius 3 is 2.45 bits per heavy atom. The van der Waals surface area contributed by atoms with Crippen molar-refractivity contribution >= 4 is 58.9 Å². The molecule has 12 heteroatoms. The SMILES string of the molecule is Cl.NCCCC[C@H](N)C(=O)Oc1cc([N+](=O)[O-])c(Cl)cc1C(=O)Nc1ccccc1Cl. The van der Waals surface area contributed by atoms with E-state index in [1.165, 1.54) is 0 Å². The molecule has 2 rings (SSSR count). The number of ether oxygens (including phenoxy) is 1. The number of nitrogens with zero attached hydrogens (tertiary/aromatic N) is 1. The van der Waals surface area contributed by atoms with Gasteiger partial charge in [-0.05, 0) is 37.6 Å². The van der Waals surface area contributed by atoms with Gasteiger partial charge in [-0.3, -0.25) is 14.9 Å². The number of anilines is 1. The second kappa shape index (κ2) is 12.4. The van der Waals surface area contributed by atoms with E-state index in [9.17, 15) is 19.7 Å². The highest BCUT2D eigenvalue weighted by Gasteiger charge is 2.25. The first-order valence-corrected chi connectivity index (χ1v) is 9.71. The molecule has 2 aromatic carbocycles. The predicted octanol–water partition coefficient (Wildman–Crippen LogP) is 3.94. The second-order valence-corrected chi connectivity index (χ2v) is 7.12. The zero-order valence-corrected chi connectivity index (χ0v) is 18.5. The quantitative estimate of drug-likeness (QED) is 0.158. The zero-order valence-electron chi connectivity index (χ0n) is 16.2. The molecule has 0 bridgehead atoms. The van der Waals surface area contributed by atoms with Crippen LogP contribution in [0.5, 0.6) is 5.75 Å². The van der Waals surface area contributed by atoms with Gasteiger partial charge in [0, 0.05) is 0 Å². The second-order valence-electron chi connectivity index (χ2n) is 6.30. The van der Waals surface area contributed by atoms with Crippen LogP contribution in [-0.4, -0.2) is 29.4 Å². The molecule has 0 saturated carbocycles. The van der Waals surface area contributed by atoms with Crippen molar-refractivity contribution in [3.05, 3.63) is 62.1 Å². The summed E-state index contributed by atoms with van der Waals surface area (Å²) in [7, 11) is 0. The van der Waals surface area contributed by atoms with Crippen LogP contribution in [0.2, 0.25) is 10.0 Å². The molecule has 1 amide bonds. The topological polar surface area (TPSA) is 151 Å². The van der Waals surface area contributed by atoms with Gasteiger partial charge in [0.25, 0.3) is 11.6 Å². The third-order valence-electron chi connectivity index (χ3n) is 4.09. The number of amides is 1. The molecule has 2 aromatic rings. The van der Waals surface area contributed by atoms with Crippen molar-refractivity contribution < 1.29 is 19.2 Å². The van der Waals surface area contributed by atoms with Crippen LogP contribution in [0.25, 0.3) is 0 Å². The molecule has 0 aliphatic heterocycles. The van der Waals surface area contributed by atoms with Gasteiger partial charge in [0.1, 0.15) is 11.1 Å². The van der Waals surface area contributed by atoms with E-state index >= 15 is 0 Å². The lowest BCUT2D eigenvalue weighted by Gasteiger charge is -2.14. The Labute approximate surface area is 194 Å². The Bertz CT molecular complexity index is 958. The molecule has 0 aliphatic rings. The average molecular weight is 492 g/mol. The van der Waals surface area contributed by atoms with E-state index in [2.05, 4.69) is 5.32 Å². The fraction of sp³-hybridized carbons (Fsp3) is 0.263. The summed E-state index contributed by atoms with van der Waals surface area (Å²) >= 11 is 12.0. The number of carbonyl (C=O) groups excluding carboxylic acids is 2. The highest BCUT2D eigenvalue weighted by molar-refractivity contribution is 6.34. The first kappa shape index (κ1) is 26.6. The van der Waals surface area contributed by atoms with E-state index in [4.69, 9.17) is 39.4 Å². The number of hydrogen-bond donors (Lipinski definition) is 3. The van der Waals surface area contributed by atoms with Gasteiger partial charge in [-0.2, -0.15) is 0 Å². The molecule has 0 radical (unpaired) electrons. The predicted molar refractivity (Wildman–Crippen MR) is 121 cm³/mol. The summed E-state index contributed by atoms with van der Waals surface area (Å²) in [5, 5.41) is 13.7. The maximum absolute atomic E-state index is 12.7. The summed E-state index contributed by atoms with van der Waals surface area (Å²) in [4.78, 5) is 35.5. The number of esters is 1. The van der Waals surface area contributed by atoms with Gasteiger partial charge in [-0.15, -0.1) is 12.4 Å². The molecule has 5 N–H and O–H groups in total. The summed E-state index contributed by atoms with van der Waals surface area (Å²) in [6.45, 7) is 0.456. The molecule has 9 nitrogen and oxygen atoms in total. The van der Waals surface area contributed by atoms with Gasteiger partial charge < -0.3 is 21.5 Å². The van der Waals surface area contributed by atoms with Crippen molar-refractivity contribution in [3.63, 3.8) is 0 Å². The summed E-state index contributed by atoms with van der Waals surface area (Å²) < 4.78 is 5.22. The number of nitrogens with two attached hydrogens (primary N) is 2. The number of nitro benzene ring substituents is 1. The fourth-order valence-corrected chi connectivity index (χ4v) is 2.92. The Morgan fingerprint density at radius 2 is 1.84 bits per heavy atom. The smallest absolute Gasteiger partial charge is 0.328 e. The van der Waals surface area contributed by atoms with Crippen molar-refractivity contribution in [1.29, 1.82) is 0 Å². The Hall–Kier alpha value is -2.43. The van der Waals surface area contributed by atoms with Gasteiger partial charge >= 0.3 is 5.97 Å². The average Bonchev–Trinajstić information content (AvgIpc) is 2.70. The number of rotatable bonds is 9. The Kier molecular flexibility index (Phi) is 10.7. The molecule has 1 atom stereocenters. The molecular weight excluding hydrogens is 471 g/mol. The first-order chi connectivity index (χ1) is 14.2. The molecule has 31 heavy (non-hydrogen) atoms. The summed E-state index contributed by atoms with van der Waals surface area (Å²) in [5.74, 6) is -1.90. The van der Waals surface area contributed by atoms with Crippen LogP contribution in [0, 0.1) is 10.1 Å². The van der Waals surface area contributed by atoms with E-state index in [0.29, 0.717) is 31.5 Å². The zero-order chi connectivity index (χ0) is 22.3. The molecule has 0 saturated heterocycles. The number of benzene rings is 2. The lowest BCUT2D eigenvalue weighted by atomic mass is 10.1. The minimum Gasteiger partial charge on any atom is -0.424 e. The van der Waals surface area contributed by atoms with Gasteiger partial charge in [0.15, 0.2) is 5.75 Å². The van der Waals surface area contributed by atoms with Gasteiger partial charge in [0.05, 0.1) is 27.3 Å². The third-order valence-corrected chi connectivity index (χ3v) is 4.73. The van der Waals surface area contributed by atoms with Crippen LogP contribution in [0.3, 0.4) is 0 Å². The molecule has 168 valence electrons. The third kappa shape index (κ3) is 7.34. The first-order valence-electron chi connectivity index (χ1n) is 8.95. The standard InChI is InChI=1S/C19H20Cl2N4O5.ClH/c20-12-5-1-2-7-15(12)24-18(26)11-9-13(21)16(25(28)29)10-17(11)30-19(27)14(23)6-3-4-8-22;/h1-2,5,7,9-10,14H,3-4,6,8,22-23H2,(H,24,26);1H/t14-;/m0./s1. The van der Waals surface area contributed by atoms with E-state index in [-0.39, 0.29) is 33.8 Å². The summed E-state index contributed by atoms with van der Waals surface area (Å²) in [5.41, 5.74) is 10.8. The normalized spacial score (nSPS) is 11.2. The number of halogens is 3. The van der Waals surface area contributed by atoms with Crippen molar-refractivity contribution in [2.24, 2.45) is 11.5 Å². The lowest BCUT2D eigenvalue weighted by molar-refractivity contribution is -0.384. The number of unbranched alkanes of at least 4 members (excludes halogenated alkanes) is 1. The van der Waals surface area contributed by atoms with E-state index in [1.54, 1.807) is 24.3 Å². The van der Waals surface area contributed by atoms with Crippen molar-refractivity contribution in [1.82, 2.24) is 0 Å². The van der Waals surface area contributed by atoms with Crippen LogP contribution in [0.1, 0.15) is 29.6 Å². The molecule has 0 aromatic heterocycles. The van der Waals surface area contributed by atoms with Crippen LogP contribution < -0.4 is 21.5 Å². The number of hydrogen-bond acceptors (Lipinski definition) is 7. The highest BCUT2D eigenvalue weighted by atomic mass is 35.5. The van der Waals surface area contributed by atoms with E-state index < -0.39 is 28.5 Å². The largest absolute Gasteiger partial charge is 0.424 e. The fourth-order valence-electron chi connectivity index (χ4n) is 2.51. The van der Waals surface area contributed by atoms with Crippen molar-refractivity contribution in [2.45, 2.75) is 25.3 Å². The maximum Gasteiger partial charge on any atom is 0.328 e. The molecule has 0 heterocycles. The van der Waals surface area contributed by atoms with Crippen LogP contribution in [0.4, 0.5) is 11.4 Å². The van der Waals surface area contributed by atoms with Gasteiger partial charge in [-0.1, -0.05) is 41.8 Å². The highest BCUT2D eigenvalue weighted by Crippen LogP contribution is 2.34. The minimum atomic E-state index is -0.981. The van der Waals surface area contributed by atoms with E-state index in [0.717, 1.165) is 12.1 Å². The van der Waals surface area contributed by atoms with E-state index in [1.807, 2.05) is 0 Å². The van der Waals surface area contributed by atoms with Crippen molar-refractivity contribution in [3.8, 4) is 5.75 Å². The Morgan fingerprint density at radius 1 is 1.16 bits per heavy atom. The molecule has 0 spiro atoms. The number of nitrogens with one attached hydrogen (secondary N) is 1. The lowest BCUT2D eigenvalue weighted by Crippen LogP contribution is -2.34. The summed E-state index contributed by atoms with van der Waals surface area (Å²) in [6, 6.07) is 7.45. The maximum atomic E-state index is 12.7. The molecule has 0 unspecified atom stereocenters. The Balaban J connectivity index is 0.00000480. The minimum absolute atomic E-state index is 0. The van der Waals surface area contributed by atoms with Crippen LogP contribution in [0.15, 0.2) is 36.4 Å². The van der Waals surface area contributed by atoms with Crippen LogP contribution in [-0.2, 0) is 4.79 Å². The van der Waals surface area contributed by atoms with Gasteiger partial charge in [0.2, 0.25) is 0 Å². The summed E-state index contributed by atoms with van der Waals surface area (Å²) in [6.07, 6.45) is 1.60. The van der Waals surface area contributed by atoms with Gasteiger partial charge in [-0.25, -0.2) is 4.79 Å². The molecule has 0 fully saturated rings.